The van der Waals surface area contributed by atoms with Crippen LogP contribution in [0.3, 0.4) is 0 Å². The summed E-state index contributed by atoms with van der Waals surface area (Å²) < 4.78 is 50.5. The van der Waals surface area contributed by atoms with Gasteiger partial charge in [-0.1, -0.05) is 26.0 Å². The second-order valence-electron chi connectivity index (χ2n) is 6.24. The average molecular weight is 410 g/mol. The molecular weight excluding hydrogens is 385 g/mol. The van der Waals surface area contributed by atoms with Gasteiger partial charge in [0.05, 0.1) is 18.2 Å². The Morgan fingerprint density at radius 2 is 1.76 bits per heavy atom. The molecule has 8 heteroatoms. The van der Waals surface area contributed by atoms with E-state index < -0.39 is 23.2 Å². The number of rotatable bonds is 9. The SMILES string of the molecule is CCN(CC)CCOc1cc(NC(=O)c2ccccc2C(F)(F)F)ccc1OC. The van der Waals surface area contributed by atoms with Gasteiger partial charge in [0, 0.05) is 18.3 Å². The van der Waals surface area contributed by atoms with Gasteiger partial charge in [0.1, 0.15) is 6.61 Å². The molecule has 2 aromatic rings. The van der Waals surface area contributed by atoms with Crippen LogP contribution in [0.4, 0.5) is 18.9 Å². The van der Waals surface area contributed by atoms with E-state index in [-0.39, 0.29) is 0 Å². The molecule has 158 valence electrons. The van der Waals surface area contributed by atoms with Crippen LogP contribution in [0.5, 0.6) is 11.5 Å². The lowest BCUT2D eigenvalue weighted by molar-refractivity contribution is -0.137. The maximum atomic E-state index is 13.2. The van der Waals surface area contributed by atoms with Gasteiger partial charge in [0.25, 0.3) is 5.91 Å². The van der Waals surface area contributed by atoms with Gasteiger partial charge in [-0.2, -0.15) is 13.2 Å². The minimum Gasteiger partial charge on any atom is -0.493 e. The lowest BCUT2D eigenvalue weighted by Crippen LogP contribution is -2.28. The molecule has 0 aliphatic heterocycles. The van der Waals surface area contributed by atoms with E-state index in [0.29, 0.717) is 30.3 Å². The Balaban J connectivity index is 2.16. The molecule has 5 nitrogen and oxygen atoms in total. The zero-order valence-corrected chi connectivity index (χ0v) is 16.7. The van der Waals surface area contributed by atoms with Crippen molar-refractivity contribution in [1.29, 1.82) is 0 Å². The molecule has 0 saturated heterocycles. The maximum absolute atomic E-state index is 13.2. The number of amides is 1. The number of carbonyl (C=O) groups is 1. The van der Waals surface area contributed by atoms with Gasteiger partial charge in [0.2, 0.25) is 0 Å². The van der Waals surface area contributed by atoms with E-state index in [9.17, 15) is 18.0 Å². The highest BCUT2D eigenvalue weighted by Gasteiger charge is 2.34. The quantitative estimate of drug-likeness (QED) is 0.652. The zero-order valence-electron chi connectivity index (χ0n) is 16.7. The third-order valence-corrected chi connectivity index (χ3v) is 4.46. The fourth-order valence-electron chi connectivity index (χ4n) is 2.82. The first-order chi connectivity index (χ1) is 13.8. The average Bonchev–Trinajstić information content (AvgIpc) is 2.70. The number of benzene rings is 2. The molecule has 0 unspecified atom stereocenters. The summed E-state index contributed by atoms with van der Waals surface area (Å²) in [5.74, 6) is 0.0250. The number of hydrogen-bond acceptors (Lipinski definition) is 4. The van der Waals surface area contributed by atoms with Crippen LogP contribution in [0.1, 0.15) is 29.8 Å². The van der Waals surface area contributed by atoms with E-state index >= 15 is 0 Å². The van der Waals surface area contributed by atoms with Gasteiger partial charge in [-0.25, -0.2) is 0 Å². The van der Waals surface area contributed by atoms with Crippen LogP contribution >= 0.6 is 0 Å². The van der Waals surface area contributed by atoms with Gasteiger partial charge in [-0.3, -0.25) is 4.79 Å². The summed E-state index contributed by atoms with van der Waals surface area (Å²) in [6.45, 7) is 7.02. The van der Waals surface area contributed by atoms with Crippen LogP contribution in [0, 0.1) is 0 Å². The first kappa shape index (κ1) is 22.5. The number of likely N-dealkylation sites (N-methyl/N-ethyl adjacent to an activating group) is 1. The Labute approximate surface area is 168 Å². The molecule has 0 atom stereocenters. The third kappa shape index (κ3) is 6.12. The highest BCUT2D eigenvalue weighted by atomic mass is 19.4. The van der Waals surface area contributed by atoms with E-state index in [1.165, 1.54) is 25.3 Å². The van der Waals surface area contributed by atoms with Crippen LogP contribution in [-0.4, -0.2) is 44.2 Å². The Hall–Kier alpha value is -2.74. The number of hydrogen-bond donors (Lipinski definition) is 1. The molecule has 2 aromatic carbocycles. The van der Waals surface area contributed by atoms with E-state index in [0.717, 1.165) is 25.2 Å². The van der Waals surface area contributed by atoms with Crippen molar-refractivity contribution in [3.8, 4) is 11.5 Å². The molecule has 0 radical (unpaired) electrons. The number of carbonyl (C=O) groups excluding carboxylic acids is 1. The number of halogens is 3. The first-order valence-electron chi connectivity index (χ1n) is 9.30. The van der Waals surface area contributed by atoms with Gasteiger partial charge in [-0.05, 0) is 37.4 Å². The van der Waals surface area contributed by atoms with E-state index in [2.05, 4.69) is 24.1 Å². The highest BCUT2D eigenvalue weighted by Crippen LogP contribution is 2.33. The number of nitrogens with zero attached hydrogens (tertiary/aromatic N) is 1. The number of anilines is 1. The Morgan fingerprint density at radius 3 is 2.38 bits per heavy atom. The molecule has 0 aromatic heterocycles. The minimum atomic E-state index is -4.62. The molecule has 0 spiro atoms. The lowest BCUT2D eigenvalue weighted by Gasteiger charge is -2.19. The van der Waals surface area contributed by atoms with E-state index in [1.807, 2.05) is 0 Å². The van der Waals surface area contributed by atoms with Crippen molar-refractivity contribution in [2.75, 3.05) is 38.7 Å². The van der Waals surface area contributed by atoms with Crippen molar-refractivity contribution >= 4 is 11.6 Å². The van der Waals surface area contributed by atoms with Crippen LogP contribution in [0.15, 0.2) is 42.5 Å². The summed E-state index contributed by atoms with van der Waals surface area (Å²) >= 11 is 0. The first-order valence-corrected chi connectivity index (χ1v) is 9.30. The predicted molar refractivity (Wildman–Crippen MR) is 106 cm³/mol. The van der Waals surface area contributed by atoms with Crippen LogP contribution in [-0.2, 0) is 6.18 Å². The van der Waals surface area contributed by atoms with Gasteiger partial charge >= 0.3 is 6.18 Å². The molecule has 1 N–H and O–H groups in total. The highest BCUT2D eigenvalue weighted by molar-refractivity contribution is 6.05. The monoisotopic (exact) mass is 410 g/mol. The number of methoxy groups -OCH3 is 1. The van der Waals surface area contributed by atoms with Crippen molar-refractivity contribution < 1.29 is 27.4 Å². The number of alkyl halides is 3. The van der Waals surface area contributed by atoms with E-state index in [4.69, 9.17) is 9.47 Å². The summed E-state index contributed by atoms with van der Waals surface area (Å²) in [7, 11) is 1.49. The Kier molecular flexibility index (Phi) is 7.90. The summed E-state index contributed by atoms with van der Waals surface area (Å²) in [5.41, 5.74) is -1.12. The fraction of sp³-hybridized carbons (Fsp3) is 0.381. The molecule has 0 aliphatic carbocycles. The zero-order chi connectivity index (χ0) is 21.4. The molecule has 0 bridgehead atoms. The summed E-state index contributed by atoms with van der Waals surface area (Å²) in [5, 5.41) is 2.50. The van der Waals surface area contributed by atoms with Crippen LogP contribution in [0.25, 0.3) is 0 Å². The smallest absolute Gasteiger partial charge is 0.417 e. The maximum Gasteiger partial charge on any atom is 0.417 e. The fourth-order valence-corrected chi connectivity index (χ4v) is 2.82. The summed E-state index contributed by atoms with van der Waals surface area (Å²) in [4.78, 5) is 14.6. The molecular formula is C21H25F3N2O3. The van der Waals surface area contributed by atoms with Gasteiger partial charge < -0.3 is 19.7 Å². The third-order valence-electron chi connectivity index (χ3n) is 4.46. The normalized spacial score (nSPS) is 11.4. The minimum absolute atomic E-state index is 0.311. The topological polar surface area (TPSA) is 50.8 Å². The van der Waals surface area contributed by atoms with E-state index in [1.54, 1.807) is 12.1 Å². The second-order valence-corrected chi connectivity index (χ2v) is 6.24. The van der Waals surface area contributed by atoms with Crippen LogP contribution in [0.2, 0.25) is 0 Å². The Morgan fingerprint density at radius 1 is 1.07 bits per heavy atom. The number of ether oxygens (including phenoxy) is 2. The standard InChI is InChI=1S/C21H25F3N2O3/c1-4-26(5-2)12-13-29-19-14-15(10-11-18(19)28-3)25-20(27)16-8-6-7-9-17(16)21(22,23)24/h6-11,14H,4-5,12-13H2,1-3H3,(H,25,27). The van der Waals surface area contributed by atoms with Crippen molar-refractivity contribution in [2.24, 2.45) is 0 Å². The molecule has 0 aliphatic rings. The molecule has 0 fully saturated rings. The lowest BCUT2D eigenvalue weighted by atomic mass is 10.1. The largest absolute Gasteiger partial charge is 0.493 e. The van der Waals surface area contributed by atoms with Crippen molar-refractivity contribution in [3.05, 3.63) is 53.6 Å². The Bertz CT molecular complexity index is 821. The molecule has 0 heterocycles. The molecule has 0 saturated carbocycles. The summed E-state index contributed by atoms with van der Waals surface area (Å²) in [6, 6.07) is 9.33. The van der Waals surface area contributed by atoms with Gasteiger partial charge in [0.15, 0.2) is 11.5 Å². The van der Waals surface area contributed by atoms with Crippen molar-refractivity contribution in [1.82, 2.24) is 4.90 Å². The molecule has 2 rings (SSSR count). The number of nitrogens with one attached hydrogen (secondary N) is 1. The predicted octanol–water partition coefficient (Wildman–Crippen LogP) is 4.69. The van der Waals surface area contributed by atoms with Crippen molar-refractivity contribution in [2.45, 2.75) is 20.0 Å². The second kappa shape index (κ2) is 10.2. The van der Waals surface area contributed by atoms with Crippen molar-refractivity contribution in [3.63, 3.8) is 0 Å². The van der Waals surface area contributed by atoms with Crippen LogP contribution < -0.4 is 14.8 Å². The molecule has 29 heavy (non-hydrogen) atoms. The summed E-state index contributed by atoms with van der Waals surface area (Å²) in [6.07, 6.45) is -4.62. The molecule has 1 amide bonds. The van der Waals surface area contributed by atoms with Gasteiger partial charge in [-0.15, -0.1) is 0 Å².